The highest BCUT2D eigenvalue weighted by molar-refractivity contribution is 6.30. The minimum absolute atomic E-state index is 0.00104. The van der Waals surface area contributed by atoms with Crippen molar-refractivity contribution < 1.29 is 0 Å². The van der Waals surface area contributed by atoms with Crippen LogP contribution in [-0.4, -0.2) is 11.8 Å². The topological polar surface area (TPSA) is 12.4 Å². The molecule has 28 heavy (non-hydrogen) atoms. The van der Waals surface area contributed by atoms with Gasteiger partial charge in [0.05, 0.1) is 5.54 Å². The first kappa shape index (κ1) is 19.7. The first-order chi connectivity index (χ1) is 13.3. The van der Waals surface area contributed by atoms with E-state index in [9.17, 15) is 0 Å². The largest absolute Gasteiger partial charge is 0.286 e. The van der Waals surface area contributed by atoms with E-state index < -0.39 is 0 Å². The number of rotatable bonds is 3. The highest BCUT2D eigenvalue weighted by atomic mass is 35.5. The molecule has 1 nitrogen and oxygen atoms in total. The van der Waals surface area contributed by atoms with Crippen LogP contribution in [0.3, 0.4) is 0 Å². The van der Waals surface area contributed by atoms with E-state index in [1.54, 1.807) is 11.1 Å². The zero-order valence-electron chi connectivity index (χ0n) is 17.6. The lowest BCUT2D eigenvalue weighted by Crippen LogP contribution is -2.52. The van der Waals surface area contributed by atoms with Crippen LogP contribution in [0.2, 0.25) is 5.02 Å². The van der Waals surface area contributed by atoms with Crippen molar-refractivity contribution in [2.75, 3.05) is 0 Å². The van der Waals surface area contributed by atoms with Gasteiger partial charge in [-0.3, -0.25) is 4.99 Å². The molecule has 2 aromatic rings. The second kappa shape index (κ2) is 7.34. The summed E-state index contributed by atoms with van der Waals surface area (Å²) in [5.41, 5.74) is 6.00. The molecule has 3 atom stereocenters. The average Bonchev–Trinajstić information content (AvgIpc) is 2.67. The van der Waals surface area contributed by atoms with Gasteiger partial charge in [-0.05, 0) is 84.2 Å². The van der Waals surface area contributed by atoms with Gasteiger partial charge in [-0.25, -0.2) is 0 Å². The van der Waals surface area contributed by atoms with Crippen LogP contribution in [0.4, 0.5) is 0 Å². The molecule has 0 radical (unpaired) electrons. The van der Waals surface area contributed by atoms with Crippen LogP contribution >= 0.6 is 11.6 Å². The Morgan fingerprint density at radius 3 is 2.54 bits per heavy atom. The van der Waals surface area contributed by atoms with Gasteiger partial charge >= 0.3 is 0 Å². The fourth-order valence-corrected chi connectivity index (χ4v) is 5.89. The molecule has 2 aliphatic carbocycles. The van der Waals surface area contributed by atoms with Gasteiger partial charge in [0.25, 0.3) is 0 Å². The van der Waals surface area contributed by atoms with Crippen molar-refractivity contribution in [3.8, 4) is 0 Å². The molecule has 1 fully saturated rings. The summed E-state index contributed by atoms with van der Waals surface area (Å²) in [6.07, 6.45) is 8.18. The highest BCUT2D eigenvalue weighted by Crippen LogP contribution is 2.55. The molecular weight excluding hydrogens is 362 g/mol. The van der Waals surface area contributed by atoms with Crippen molar-refractivity contribution in [2.24, 2.45) is 10.9 Å². The van der Waals surface area contributed by atoms with Gasteiger partial charge in [0, 0.05) is 11.2 Å². The number of hydrogen-bond acceptors (Lipinski definition) is 1. The lowest BCUT2D eigenvalue weighted by atomic mass is 9.52. The molecule has 4 rings (SSSR count). The average molecular weight is 394 g/mol. The van der Waals surface area contributed by atoms with Gasteiger partial charge in [-0.15, -0.1) is 0 Å². The van der Waals surface area contributed by atoms with Crippen molar-refractivity contribution in [2.45, 2.75) is 76.7 Å². The molecule has 2 aliphatic rings. The predicted octanol–water partition coefficient (Wildman–Crippen LogP) is 7.35. The van der Waals surface area contributed by atoms with E-state index in [0.29, 0.717) is 11.8 Å². The van der Waals surface area contributed by atoms with Crippen LogP contribution in [0.25, 0.3) is 0 Å². The Morgan fingerprint density at radius 2 is 1.82 bits per heavy atom. The number of aryl methyl sites for hydroxylation is 1. The summed E-state index contributed by atoms with van der Waals surface area (Å²) < 4.78 is 0. The second-order valence-corrected chi connectivity index (χ2v) is 10.0. The van der Waals surface area contributed by atoms with Crippen molar-refractivity contribution in [1.82, 2.24) is 0 Å². The molecule has 0 spiro atoms. The summed E-state index contributed by atoms with van der Waals surface area (Å²) in [6, 6.07) is 15.3. The standard InChI is InChI=1S/C26H32ClN/c1-18(2)20-8-12-23-21(16-20)9-13-24-25(23,3)14-5-15-26(24,4)28-17-19-6-10-22(27)11-7-19/h6-8,10-12,16-18,24H,5,9,13-15H2,1-4H3/t24-,25-,26-/m1/s1. The quantitative estimate of drug-likeness (QED) is 0.483. The molecule has 2 aromatic carbocycles. The first-order valence-corrected chi connectivity index (χ1v) is 11.1. The van der Waals surface area contributed by atoms with Crippen molar-refractivity contribution in [1.29, 1.82) is 0 Å². The SMILES string of the molecule is CC(C)c1ccc2c(c1)CC[C@H]1[C@](C)(N=Cc3ccc(Cl)cc3)CCC[C@]21C. The third kappa shape index (κ3) is 3.43. The summed E-state index contributed by atoms with van der Waals surface area (Å²) in [4.78, 5) is 5.20. The van der Waals surface area contributed by atoms with Crippen LogP contribution in [0.15, 0.2) is 47.5 Å². The summed E-state index contributed by atoms with van der Waals surface area (Å²) in [5, 5.41) is 0.776. The molecular formula is C26H32ClN. The van der Waals surface area contributed by atoms with Gasteiger partial charge in [0.2, 0.25) is 0 Å². The second-order valence-electron chi connectivity index (χ2n) is 9.60. The van der Waals surface area contributed by atoms with Crippen LogP contribution in [0.1, 0.15) is 81.5 Å². The Bertz CT molecular complexity index is 882. The molecule has 0 heterocycles. The third-order valence-corrected chi connectivity index (χ3v) is 7.64. The van der Waals surface area contributed by atoms with E-state index in [1.807, 2.05) is 12.1 Å². The maximum atomic E-state index is 6.03. The van der Waals surface area contributed by atoms with E-state index >= 15 is 0 Å². The van der Waals surface area contributed by atoms with Crippen LogP contribution in [0, 0.1) is 5.92 Å². The monoisotopic (exact) mass is 393 g/mol. The fraction of sp³-hybridized carbons (Fsp3) is 0.500. The molecule has 0 aliphatic heterocycles. The first-order valence-electron chi connectivity index (χ1n) is 10.8. The smallest absolute Gasteiger partial charge is 0.0616 e. The van der Waals surface area contributed by atoms with E-state index in [2.05, 4.69) is 64.2 Å². The Kier molecular flexibility index (Phi) is 5.16. The molecule has 0 saturated heterocycles. The molecule has 0 aromatic heterocycles. The number of nitrogens with zero attached hydrogens (tertiary/aromatic N) is 1. The van der Waals surface area contributed by atoms with Crippen molar-refractivity contribution in [3.05, 3.63) is 69.7 Å². The number of benzene rings is 2. The van der Waals surface area contributed by atoms with Gasteiger partial charge in [0.15, 0.2) is 0 Å². The van der Waals surface area contributed by atoms with Crippen LogP contribution in [-0.2, 0) is 11.8 Å². The molecule has 0 bridgehead atoms. The normalized spacial score (nSPS) is 29.7. The number of aliphatic imine (C=N–C) groups is 1. The van der Waals surface area contributed by atoms with Gasteiger partial charge < -0.3 is 0 Å². The Hall–Kier alpha value is -1.60. The van der Waals surface area contributed by atoms with E-state index in [-0.39, 0.29) is 11.0 Å². The van der Waals surface area contributed by atoms with Crippen molar-refractivity contribution in [3.63, 3.8) is 0 Å². The zero-order chi connectivity index (χ0) is 19.9. The highest BCUT2D eigenvalue weighted by Gasteiger charge is 2.51. The van der Waals surface area contributed by atoms with Gasteiger partial charge in [-0.2, -0.15) is 0 Å². The van der Waals surface area contributed by atoms with Crippen molar-refractivity contribution >= 4 is 17.8 Å². The number of halogens is 1. The molecule has 0 amide bonds. The summed E-state index contributed by atoms with van der Waals surface area (Å²) in [6.45, 7) is 9.46. The van der Waals surface area contributed by atoms with Gasteiger partial charge in [0.1, 0.15) is 0 Å². The summed E-state index contributed by atoms with van der Waals surface area (Å²) in [7, 11) is 0. The molecule has 0 N–H and O–H groups in total. The maximum absolute atomic E-state index is 6.03. The van der Waals surface area contributed by atoms with Crippen LogP contribution in [0.5, 0.6) is 0 Å². The predicted molar refractivity (Wildman–Crippen MR) is 121 cm³/mol. The molecule has 148 valence electrons. The molecule has 0 unspecified atom stereocenters. The number of fused-ring (bicyclic) bond motifs is 3. The Labute approximate surface area is 175 Å². The third-order valence-electron chi connectivity index (χ3n) is 7.39. The lowest BCUT2D eigenvalue weighted by Gasteiger charge is -2.54. The summed E-state index contributed by atoms with van der Waals surface area (Å²) >= 11 is 6.03. The fourth-order valence-electron chi connectivity index (χ4n) is 5.76. The lowest BCUT2D eigenvalue weighted by molar-refractivity contribution is 0.0927. The van der Waals surface area contributed by atoms with Crippen LogP contribution < -0.4 is 0 Å². The molecule has 2 heteroatoms. The zero-order valence-corrected chi connectivity index (χ0v) is 18.4. The van der Waals surface area contributed by atoms with E-state index in [1.165, 1.54) is 37.7 Å². The van der Waals surface area contributed by atoms with E-state index in [0.717, 1.165) is 10.6 Å². The Balaban J connectivity index is 1.67. The van der Waals surface area contributed by atoms with Gasteiger partial charge in [-0.1, -0.05) is 69.1 Å². The van der Waals surface area contributed by atoms with E-state index in [4.69, 9.17) is 16.6 Å². The Morgan fingerprint density at radius 1 is 1.07 bits per heavy atom. The number of hydrogen-bond donors (Lipinski definition) is 0. The molecule has 1 saturated carbocycles. The minimum atomic E-state index is 0.00104. The maximum Gasteiger partial charge on any atom is 0.0616 e. The summed E-state index contributed by atoms with van der Waals surface area (Å²) in [5.74, 6) is 1.19. The minimum Gasteiger partial charge on any atom is -0.286 e.